The average Bonchev–Trinajstić information content (AvgIpc) is 2.93. The van der Waals surface area contributed by atoms with Gasteiger partial charge in [0.05, 0.1) is 15.9 Å². The molecule has 1 aromatic carbocycles. The van der Waals surface area contributed by atoms with Gasteiger partial charge < -0.3 is 5.32 Å². The predicted octanol–water partition coefficient (Wildman–Crippen LogP) is 3.36. The zero-order valence-corrected chi connectivity index (χ0v) is 12.7. The molecule has 98 valence electrons. The maximum atomic E-state index is 12.3. The lowest BCUT2D eigenvalue weighted by atomic mass is 10.1. The van der Waals surface area contributed by atoms with Gasteiger partial charge in [-0.1, -0.05) is 27.5 Å². The maximum absolute atomic E-state index is 12.3. The van der Waals surface area contributed by atoms with E-state index in [0.717, 1.165) is 11.5 Å². The van der Waals surface area contributed by atoms with Gasteiger partial charge in [-0.15, -0.1) is 0 Å². The van der Waals surface area contributed by atoms with Crippen LogP contribution in [0.5, 0.6) is 0 Å². The van der Waals surface area contributed by atoms with Crippen LogP contribution in [-0.2, 0) is 4.79 Å². The van der Waals surface area contributed by atoms with Crippen LogP contribution in [0.3, 0.4) is 0 Å². The summed E-state index contributed by atoms with van der Waals surface area (Å²) in [6, 6.07) is 6.39. The van der Waals surface area contributed by atoms with Gasteiger partial charge in [-0.3, -0.25) is 9.59 Å². The quantitative estimate of drug-likeness (QED) is 0.672. The Bertz CT molecular complexity index is 616. The third-order valence-electron chi connectivity index (χ3n) is 2.28. The van der Waals surface area contributed by atoms with Crippen molar-refractivity contribution in [2.75, 3.05) is 10.6 Å². The highest BCUT2D eigenvalue weighted by atomic mass is 79.9. The van der Waals surface area contributed by atoms with Crippen molar-refractivity contribution in [3.8, 4) is 0 Å². The van der Waals surface area contributed by atoms with E-state index in [1.165, 1.54) is 6.07 Å². The number of carbonyl (C=O) groups is 2. The first-order valence-electron chi connectivity index (χ1n) is 5.22. The van der Waals surface area contributed by atoms with E-state index in [1.807, 2.05) is 0 Å². The van der Waals surface area contributed by atoms with E-state index in [1.54, 1.807) is 24.4 Å². The summed E-state index contributed by atoms with van der Waals surface area (Å²) in [6.45, 7) is 0. The van der Waals surface area contributed by atoms with Crippen LogP contribution in [0.1, 0.15) is 15.2 Å². The molecular weight excluding hydrogens is 352 g/mol. The summed E-state index contributed by atoms with van der Waals surface area (Å²) in [5.41, 5.74) is 0.790. The molecule has 0 spiro atoms. The molecule has 0 aliphatic carbocycles. The number of anilines is 1. The van der Waals surface area contributed by atoms with Crippen molar-refractivity contribution >= 4 is 56.4 Å². The number of nitrogens with one attached hydrogen (secondary N) is 1. The van der Waals surface area contributed by atoms with Gasteiger partial charge in [0, 0.05) is 16.8 Å². The molecule has 19 heavy (non-hydrogen) atoms. The Balaban J connectivity index is 2.40. The van der Waals surface area contributed by atoms with Gasteiger partial charge >= 0.3 is 0 Å². The number of ketones is 1. The zero-order valence-electron chi connectivity index (χ0n) is 9.52. The molecule has 1 aromatic heterocycles. The zero-order chi connectivity index (χ0) is 13.8. The molecular formula is C12H8BrClN2O2S. The van der Waals surface area contributed by atoms with Gasteiger partial charge in [0.1, 0.15) is 0 Å². The first-order chi connectivity index (χ1) is 9.11. The molecule has 2 aromatic rings. The predicted molar refractivity (Wildman–Crippen MR) is 79.4 cm³/mol. The Kier molecular flexibility index (Phi) is 4.68. The lowest BCUT2D eigenvalue weighted by Crippen LogP contribution is -2.15. The maximum Gasteiger partial charge on any atom is 0.235 e. The van der Waals surface area contributed by atoms with E-state index in [4.69, 9.17) is 11.6 Å². The standard InChI is InChI=1S/C12H8BrClN2O2S/c13-6-11(17)16-9-2-1-7(14)5-8(9)12(18)10-3-4-15-19-10/h1-5H,6H2,(H,16,17). The molecule has 0 unspecified atom stereocenters. The van der Waals surface area contributed by atoms with E-state index in [-0.39, 0.29) is 17.0 Å². The molecule has 1 N–H and O–H groups in total. The van der Waals surface area contributed by atoms with Gasteiger partial charge in [-0.25, -0.2) is 4.37 Å². The minimum absolute atomic E-state index is 0.157. The third kappa shape index (κ3) is 3.40. The van der Waals surface area contributed by atoms with Crippen LogP contribution in [0, 0.1) is 0 Å². The third-order valence-corrected chi connectivity index (χ3v) is 3.77. The monoisotopic (exact) mass is 358 g/mol. The summed E-state index contributed by atoms with van der Waals surface area (Å²) in [4.78, 5) is 24.2. The molecule has 7 heteroatoms. The largest absolute Gasteiger partial charge is 0.325 e. The molecule has 1 heterocycles. The van der Waals surface area contributed by atoms with Crippen LogP contribution in [0.2, 0.25) is 5.02 Å². The fraction of sp³-hybridized carbons (Fsp3) is 0.0833. The average molecular weight is 360 g/mol. The SMILES string of the molecule is O=C(CBr)Nc1ccc(Cl)cc1C(=O)c1ccns1. The topological polar surface area (TPSA) is 59.1 Å². The van der Waals surface area contributed by atoms with Crippen LogP contribution in [0.15, 0.2) is 30.5 Å². The summed E-state index contributed by atoms with van der Waals surface area (Å²) in [7, 11) is 0. The van der Waals surface area contributed by atoms with Gasteiger partial charge in [-0.05, 0) is 35.8 Å². The molecule has 0 saturated heterocycles. The Labute approximate surface area is 127 Å². The molecule has 0 aliphatic rings. The number of alkyl halides is 1. The van der Waals surface area contributed by atoms with E-state index in [0.29, 0.717) is 21.2 Å². The second-order valence-electron chi connectivity index (χ2n) is 3.58. The molecule has 0 atom stereocenters. The Hall–Kier alpha value is -1.24. The van der Waals surface area contributed by atoms with E-state index in [2.05, 4.69) is 25.6 Å². The van der Waals surface area contributed by atoms with Crippen LogP contribution in [0.4, 0.5) is 5.69 Å². The molecule has 4 nitrogen and oxygen atoms in total. The van der Waals surface area contributed by atoms with Crippen LogP contribution in [-0.4, -0.2) is 21.4 Å². The van der Waals surface area contributed by atoms with E-state index >= 15 is 0 Å². The molecule has 1 amide bonds. The fourth-order valence-electron chi connectivity index (χ4n) is 1.46. The van der Waals surface area contributed by atoms with Gasteiger partial charge in [0.25, 0.3) is 0 Å². The molecule has 0 saturated carbocycles. The second-order valence-corrected chi connectivity index (χ2v) is 5.41. The molecule has 0 fully saturated rings. The van der Waals surface area contributed by atoms with Crippen molar-refractivity contribution in [1.29, 1.82) is 0 Å². The summed E-state index contributed by atoms with van der Waals surface area (Å²) in [5.74, 6) is -0.449. The normalized spacial score (nSPS) is 10.2. The van der Waals surface area contributed by atoms with Crippen LogP contribution < -0.4 is 5.32 Å². The Morgan fingerprint density at radius 3 is 2.79 bits per heavy atom. The molecule has 0 bridgehead atoms. The van der Waals surface area contributed by atoms with Crippen molar-refractivity contribution in [2.45, 2.75) is 0 Å². The number of amides is 1. The first-order valence-corrected chi connectivity index (χ1v) is 7.50. The second kappa shape index (κ2) is 6.27. The van der Waals surface area contributed by atoms with Crippen molar-refractivity contribution in [1.82, 2.24) is 4.37 Å². The molecule has 0 radical (unpaired) electrons. The lowest BCUT2D eigenvalue weighted by molar-refractivity contribution is -0.113. The lowest BCUT2D eigenvalue weighted by Gasteiger charge is -2.09. The van der Waals surface area contributed by atoms with E-state index in [9.17, 15) is 9.59 Å². The summed E-state index contributed by atoms with van der Waals surface area (Å²) in [5, 5.41) is 3.24. The summed E-state index contributed by atoms with van der Waals surface area (Å²) in [6.07, 6.45) is 1.55. The number of benzene rings is 1. The number of aromatic nitrogens is 1. The van der Waals surface area contributed by atoms with Gasteiger partial charge in [-0.2, -0.15) is 0 Å². The highest BCUT2D eigenvalue weighted by Gasteiger charge is 2.17. The Morgan fingerprint density at radius 1 is 1.37 bits per heavy atom. The van der Waals surface area contributed by atoms with E-state index < -0.39 is 0 Å². The Morgan fingerprint density at radius 2 is 2.16 bits per heavy atom. The van der Waals surface area contributed by atoms with Crippen LogP contribution >= 0.6 is 39.1 Å². The number of rotatable bonds is 4. The number of nitrogens with zero attached hydrogens (tertiary/aromatic N) is 1. The summed E-state index contributed by atoms with van der Waals surface area (Å²) < 4.78 is 3.89. The highest BCUT2D eigenvalue weighted by Crippen LogP contribution is 2.24. The van der Waals surface area contributed by atoms with Gasteiger partial charge in [0.15, 0.2) is 0 Å². The minimum atomic E-state index is -0.235. The molecule has 0 aliphatic heterocycles. The number of hydrogen-bond acceptors (Lipinski definition) is 4. The minimum Gasteiger partial charge on any atom is -0.325 e. The van der Waals surface area contributed by atoms with Crippen LogP contribution in [0.25, 0.3) is 0 Å². The van der Waals surface area contributed by atoms with Gasteiger partial charge in [0.2, 0.25) is 11.7 Å². The number of carbonyl (C=O) groups excluding carboxylic acids is 2. The number of halogens is 2. The smallest absolute Gasteiger partial charge is 0.235 e. The fourth-order valence-corrected chi connectivity index (χ4v) is 2.32. The number of hydrogen-bond donors (Lipinski definition) is 1. The van der Waals surface area contributed by atoms with Crippen molar-refractivity contribution in [3.05, 3.63) is 45.9 Å². The van der Waals surface area contributed by atoms with Crippen molar-refractivity contribution in [3.63, 3.8) is 0 Å². The molecule has 2 rings (SSSR count). The van der Waals surface area contributed by atoms with Crippen molar-refractivity contribution < 1.29 is 9.59 Å². The first kappa shape index (κ1) is 14.2. The summed E-state index contributed by atoms with van der Waals surface area (Å²) >= 11 is 10.1. The van der Waals surface area contributed by atoms with Crippen molar-refractivity contribution in [2.24, 2.45) is 0 Å². The highest BCUT2D eigenvalue weighted by molar-refractivity contribution is 9.09.